The van der Waals surface area contributed by atoms with Crippen molar-refractivity contribution in [2.24, 2.45) is 0 Å². The van der Waals surface area contributed by atoms with Crippen molar-refractivity contribution in [3.63, 3.8) is 0 Å². The number of allylic oxidation sites excluding steroid dienone is 2. The summed E-state index contributed by atoms with van der Waals surface area (Å²) < 4.78 is 0. The third kappa shape index (κ3) is 2.24. The van der Waals surface area contributed by atoms with Crippen LogP contribution in [0.25, 0.3) is 5.57 Å². The van der Waals surface area contributed by atoms with Crippen molar-refractivity contribution < 1.29 is 20.3 Å². The van der Waals surface area contributed by atoms with Crippen LogP contribution in [0, 0.1) is 0 Å². The zero-order valence-corrected chi connectivity index (χ0v) is 13.4. The van der Waals surface area contributed by atoms with Crippen LogP contribution >= 0.6 is 0 Å². The van der Waals surface area contributed by atoms with Crippen molar-refractivity contribution in [1.29, 1.82) is 0 Å². The summed E-state index contributed by atoms with van der Waals surface area (Å²) in [6, 6.07) is 4.99. The summed E-state index contributed by atoms with van der Waals surface area (Å²) in [5.74, 6) is 0. The molecule has 0 spiro atoms. The second-order valence-corrected chi connectivity index (χ2v) is 7.41. The number of benzene rings is 1. The maximum atomic E-state index is 2.50. The number of fused-ring (bicyclic) bond motifs is 2. The van der Waals surface area contributed by atoms with E-state index in [0.717, 1.165) is 6.42 Å². The van der Waals surface area contributed by atoms with Gasteiger partial charge in [-0.05, 0) is 64.8 Å². The van der Waals surface area contributed by atoms with Crippen LogP contribution in [-0.2, 0) is 17.3 Å². The minimum Gasteiger partial charge on any atom is -1.00 e. The number of hydrogen-bond donors (Lipinski definition) is 0. The Balaban J connectivity index is 0.000001000. The molecular weight excluding hydrogens is 223 g/mol. The second kappa shape index (κ2) is 4.54. The fraction of sp³-hybridized carbons (Fsp3) is 0.556. The molecule has 0 fully saturated rings. The van der Waals surface area contributed by atoms with Gasteiger partial charge in [-0.2, -0.15) is 0 Å². The van der Waals surface area contributed by atoms with E-state index >= 15 is 0 Å². The monoisotopic (exact) mass is 248 g/mol. The molecule has 19 heavy (non-hydrogen) atoms. The van der Waals surface area contributed by atoms with Crippen molar-refractivity contribution in [3.05, 3.63) is 40.5 Å². The van der Waals surface area contributed by atoms with Gasteiger partial charge in [0, 0.05) is 0 Å². The Bertz CT molecular complexity index is 553. The number of rotatable bonds is 0. The van der Waals surface area contributed by atoms with Gasteiger partial charge < -0.3 is 1.43 Å². The number of hydrogen-bond acceptors (Lipinski definition) is 0. The fourth-order valence-corrected chi connectivity index (χ4v) is 3.57. The Hall–Kier alpha value is -0.443. The largest absolute Gasteiger partial charge is 1.00 e. The molecule has 0 heterocycles. The summed E-state index contributed by atoms with van der Waals surface area (Å²) in [4.78, 5) is 0. The first kappa shape index (κ1) is 15.0. The van der Waals surface area contributed by atoms with Crippen molar-refractivity contribution in [2.45, 2.75) is 64.7 Å². The first-order valence-corrected chi connectivity index (χ1v) is 7.16. The first-order chi connectivity index (χ1) is 8.31. The van der Waals surface area contributed by atoms with Gasteiger partial charge in [0.1, 0.15) is 0 Å². The molecule has 0 atom stereocenters. The van der Waals surface area contributed by atoms with E-state index in [4.69, 9.17) is 0 Å². The van der Waals surface area contributed by atoms with E-state index in [1.165, 1.54) is 29.5 Å². The van der Waals surface area contributed by atoms with Gasteiger partial charge in [0.05, 0.1) is 0 Å². The van der Waals surface area contributed by atoms with Crippen LogP contribution in [0.4, 0.5) is 0 Å². The molecule has 0 saturated heterocycles. The van der Waals surface area contributed by atoms with Crippen molar-refractivity contribution >= 4 is 5.57 Å². The average Bonchev–Trinajstić information content (AvgIpc) is 2.66. The van der Waals surface area contributed by atoms with E-state index in [-0.39, 0.29) is 20.3 Å². The van der Waals surface area contributed by atoms with Crippen LogP contribution in [0.3, 0.4) is 0 Å². The van der Waals surface area contributed by atoms with Gasteiger partial charge in [-0.1, -0.05) is 45.9 Å². The normalized spacial score (nSPS) is 22.1. The van der Waals surface area contributed by atoms with Gasteiger partial charge in [0.15, 0.2) is 0 Å². The molecular formula is C18H25Li. The standard InChI is InChI=1S/C18H24.Li.H/c1-12-6-7-13-10-15-16(11-14(12)13)18(4,5)9-8-17(15,2)3;;/h6,10-11H,7-9H2,1-5H3;;/q;+1;-1. The molecule has 1 aromatic carbocycles. The van der Waals surface area contributed by atoms with Gasteiger partial charge in [-0.15, -0.1) is 0 Å². The molecule has 3 rings (SSSR count). The average molecular weight is 248 g/mol. The molecule has 2 aliphatic carbocycles. The molecule has 0 saturated carbocycles. The van der Waals surface area contributed by atoms with E-state index in [0.29, 0.717) is 10.8 Å². The summed E-state index contributed by atoms with van der Waals surface area (Å²) in [7, 11) is 0. The molecule has 2 aliphatic rings. The van der Waals surface area contributed by atoms with E-state index in [1.807, 2.05) is 0 Å². The minimum atomic E-state index is 0. The Morgan fingerprint density at radius 1 is 0.947 bits per heavy atom. The summed E-state index contributed by atoms with van der Waals surface area (Å²) in [5.41, 5.74) is 8.37. The van der Waals surface area contributed by atoms with Gasteiger partial charge in [0.25, 0.3) is 0 Å². The van der Waals surface area contributed by atoms with Crippen LogP contribution < -0.4 is 18.9 Å². The van der Waals surface area contributed by atoms with E-state index in [1.54, 1.807) is 11.1 Å². The Morgan fingerprint density at radius 2 is 1.47 bits per heavy atom. The van der Waals surface area contributed by atoms with Crippen molar-refractivity contribution in [3.8, 4) is 0 Å². The summed E-state index contributed by atoms with van der Waals surface area (Å²) in [6.07, 6.45) is 6.10. The molecule has 0 N–H and O–H groups in total. The summed E-state index contributed by atoms with van der Waals surface area (Å²) in [6.45, 7) is 11.9. The Morgan fingerprint density at radius 3 is 2.05 bits per heavy atom. The fourth-order valence-electron chi connectivity index (χ4n) is 3.57. The van der Waals surface area contributed by atoms with Crippen LogP contribution in [-0.4, -0.2) is 0 Å². The third-order valence-electron chi connectivity index (χ3n) is 5.13. The van der Waals surface area contributed by atoms with E-state index in [9.17, 15) is 0 Å². The Labute approximate surface area is 131 Å². The zero-order chi connectivity index (χ0) is 13.1. The Kier molecular flexibility index (Phi) is 3.57. The third-order valence-corrected chi connectivity index (χ3v) is 5.13. The second-order valence-electron chi connectivity index (χ2n) is 7.41. The van der Waals surface area contributed by atoms with Gasteiger partial charge >= 0.3 is 18.9 Å². The van der Waals surface area contributed by atoms with Crippen LogP contribution in [0.5, 0.6) is 0 Å². The molecule has 0 aliphatic heterocycles. The first-order valence-electron chi connectivity index (χ1n) is 7.16. The molecule has 1 heteroatoms. The SMILES string of the molecule is CC1=CCc2cc3c(cc21)C(C)(C)CCC3(C)C.[H-].[Li+]. The van der Waals surface area contributed by atoms with E-state index < -0.39 is 0 Å². The van der Waals surface area contributed by atoms with Gasteiger partial charge in [-0.25, -0.2) is 0 Å². The topological polar surface area (TPSA) is 0 Å². The quantitative estimate of drug-likeness (QED) is 0.617. The molecule has 0 radical (unpaired) electrons. The maximum Gasteiger partial charge on any atom is 1.00 e. The zero-order valence-electron chi connectivity index (χ0n) is 14.4. The molecule has 0 aromatic heterocycles. The van der Waals surface area contributed by atoms with Crippen molar-refractivity contribution in [2.75, 3.05) is 0 Å². The summed E-state index contributed by atoms with van der Waals surface area (Å²) in [5, 5.41) is 0. The van der Waals surface area contributed by atoms with E-state index in [2.05, 4.69) is 52.8 Å². The maximum absolute atomic E-state index is 2.50. The summed E-state index contributed by atoms with van der Waals surface area (Å²) >= 11 is 0. The predicted molar refractivity (Wildman–Crippen MR) is 80.2 cm³/mol. The van der Waals surface area contributed by atoms with Gasteiger partial charge in [0.2, 0.25) is 0 Å². The van der Waals surface area contributed by atoms with Crippen LogP contribution in [0.2, 0.25) is 0 Å². The molecule has 1 aromatic rings. The smallest absolute Gasteiger partial charge is 1.00 e. The molecule has 0 bridgehead atoms. The van der Waals surface area contributed by atoms with Gasteiger partial charge in [-0.3, -0.25) is 0 Å². The van der Waals surface area contributed by atoms with Crippen LogP contribution in [0.15, 0.2) is 18.2 Å². The van der Waals surface area contributed by atoms with Crippen molar-refractivity contribution in [1.82, 2.24) is 0 Å². The molecule has 98 valence electrons. The predicted octanol–water partition coefficient (Wildman–Crippen LogP) is 2.11. The van der Waals surface area contributed by atoms with Crippen LogP contribution in [0.1, 0.15) is 71.1 Å². The minimum absolute atomic E-state index is 0. The molecule has 0 nitrogen and oxygen atoms in total. The molecule has 0 unspecified atom stereocenters. The molecule has 0 amide bonds.